The zero-order chi connectivity index (χ0) is 18.0. The molecule has 2 aromatic carbocycles. The third-order valence-electron chi connectivity index (χ3n) is 3.58. The Labute approximate surface area is 148 Å². The number of anilines is 2. The van der Waals surface area contributed by atoms with Crippen molar-refractivity contribution in [3.8, 4) is 5.75 Å². The van der Waals surface area contributed by atoms with Crippen LogP contribution in [0.4, 0.5) is 20.6 Å². The predicted octanol–water partition coefficient (Wildman–Crippen LogP) is 4.99. The van der Waals surface area contributed by atoms with Gasteiger partial charge in [-0.05, 0) is 37.3 Å². The number of para-hydroxylation sites is 1. The van der Waals surface area contributed by atoms with Gasteiger partial charge in [-0.25, -0.2) is 14.2 Å². The molecule has 3 rings (SSSR count). The Morgan fingerprint density at radius 3 is 2.68 bits per heavy atom. The summed E-state index contributed by atoms with van der Waals surface area (Å²) in [5.41, 5.74) is 1.68. The number of nitrogens with zero attached hydrogens (tertiary/aromatic N) is 1. The summed E-state index contributed by atoms with van der Waals surface area (Å²) in [5, 5.41) is 6.37. The van der Waals surface area contributed by atoms with Crippen molar-refractivity contribution in [1.29, 1.82) is 0 Å². The predicted molar refractivity (Wildman–Crippen MR) is 97.1 cm³/mol. The first-order valence-corrected chi connectivity index (χ1v) is 7.83. The number of ether oxygens (including phenoxy) is 1. The van der Waals surface area contributed by atoms with Gasteiger partial charge in [-0.3, -0.25) is 0 Å². The second-order valence-electron chi connectivity index (χ2n) is 5.37. The third kappa shape index (κ3) is 3.64. The van der Waals surface area contributed by atoms with Gasteiger partial charge in [0.15, 0.2) is 0 Å². The Morgan fingerprint density at radius 2 is 1.92 bits per heavy atom. The molecular formula is C18H15ClFN3O2. The minimum atomic E-state index is -0.503. The van der Waals surface area contributed by atoms with E-state index in [4.69, 9.17) is 16.3 Å². The highest BCUT2D eigenvalue weighted by Gasteiger charge is 2.12. The van der Waals surface area contributed by atoms with E-state index in [2.05, 4.69) is 15.6 Å². The molecule has 2 amide bonds. The maximum absolute atomic E-state index is 14.0. The first kappa shape index (κ1) is 17.0. The molecule has 0 unspecified atom stereocenters. The Morgan fingerprint density at radius 1 is 1.16 bits per heavy atom. The summed E-state index contributed by atoms with van der Waals surface area (Å²) in [6.07, 6.45) is 0. The molecule has 2 N–H and O–H groups in total. The summed E-state index contributed by atoms with van der Waals surface area (Å²) < 4.78 is 19.1. The van der Waals surface area contributed by atoms with E-state index in [1.165, 1.54) is 13.2 Å². The van der Waals surface area contributed by atoms with Crippen LogP contribution in [0, 0.1) is 12.7 Å². The number of aromatic nitrogens is 1. The largest absolute Gasteiger partial charge is 0.495 e. The molecule has 5 nitrogen and oxygen atoms in total. The molecule has 0 aliphatic carbocycles. The minimum Gasteiger partial charge on any atom is -0.495 e. The second-order valence-corrected chi connectivity index (χ2v) is 5.81. The molecule has 0 aliphatic rings. The fraction of sp³-hybridized carbons (Fsp3) is 0.111. The number of halogens is 2. The van der Waals surface area contributed by atoms with Gasteiger partial charge >= 0.3 is 6.03 Å². The number of aryl methyl sites for hydroxylation is 1. The number of urea groups is 1. The molecule has 0 fully saturated rings. The fourth-order valence-electron chi connectivity index (χ4n) is 2.50. The monoisotopic (exact) mass is 359 g/mol. The van der Waals surface area contributed by atoms with Gasteiger partial charge in [0.2, 0.25) is 0 Å². The number of benzene rings is 2. The van der Waals surface area contributed by atoms with Gasteiger partial charge in [-0.15, -0.1) is 0 Å². The average molecular weight is 360 g/mol. The first-order chi connectivity index (χ1) is 12.0. The number of methoxy groups -OCH3 is 1. The van der Waals surface area contributed by atoms with Crippen molar-refractivity contribution in [3.63, 3.8) is 0 Å². The molecule has 0 spiro atoms. The molecule has 0 atom stereocenters. The number of carbonyl (C=O) groups is 1. The van der Waals surface area contributed by atoms with Crippen molar-refractivity contribution >= 4 is 39.9 Å². The van der Waals surface area contributed by atoms with Gasteiger partial charge < -0.3 is 15.4 Å². The van der Waals surface area contributed by atoms with Gasteiger partial charge in [0.05, 0.1) is 18.5 Å². The molecular weight excluding hydrogens is 345 g/mol. The second kappa shape index (κ2) is 6.94. The van der Waals surface area contributed by atoms with E-state index in [1.54, 1.807) is 43.3 Å². The lowest BCUT2D eigenvalue weighted by atomic mass is 10.1. The topological polar surface area (TPSA) is 63.2 Å². The smallest absolute Gasteiger partial charge is 0.323 e. The van der Waals surface area contributed by atoms with Crippen molar-refractivity contribution in [2.24, 2.45) is 0 Å². The van der Waals surface area contributed by atoms with Crippen molar-refractivity contribution in [1.82, 2.24) is 4.98 Å². The number of carbonyl (C=O) groups excluding carboxylic acids is 1. The molecule has 0 saturated heterocycles. The molecule has 3 aromatic rings. The molecule has 1 aromatic heterocycles. The Hall–Kier alpha value is -2.86. The number of fused-ring (bicyclic) bond motifs is 1. The summed E-state index contributed by atoms with van der Waals surface area (Å²) in [6.45, 7) is 1.73. The Bertz CT molecular complexity index is 962. The van der Waals surface area contributed by atoms with Gasteiger partial charge in [-0.1, -0.05) is 23.7 Å². The quantitative estimate of drug-likeness (QED) is 0.692. The third-order valence-corrected chi connectivity index (χ3v) is 3.81. The highest BCUT2D eigenvalue weighted by atomic mass is 35.5. The van der Waals surface area contributed by atoms with E-state index in [0.717, 1.165) is 0 Å². The number of nitrogens with one attached hydrogen (secondary N) is 2. The molecule has 1 heterocycles. The number of amides is 2. The normalized spacial score (nSPS) is 10.6. The highest BCUT2D eigenvalue weighted by molar-refractivity contribution is 6.31. The summed E-state index contributed by atoms with van der Waals surface area (Å²) in [6, 6.07) is 10.7. The van der Waals surface area contributed by atoms with Crippen LogP contribution in [0.3, 0.4) is 0 Å². The van der Waals surface area contributed by atoms with Gasteiger partial charge in [0.1, 0.15) is 17.1 Å². The molecule has 128 valence electrons. The lowest BCUT2D eigenvalue weighted by Crippen LogP contribution is -2.20. The SMILES string of the molecule is COc1ccc(Cl)cc1NC(=O)Nc1cc(C)nc2c(F)cccc12. The number of hydrogen-bond acceptors (Lipinski definition) is 3. The van der Waals surface area contributed by atoms with Crippen LogP contribution in [-0.2, 0) is 0 Å². The number of pyridine rings is 1. The van der Waals surface area contributed by atoms with E-state index in [-0.39, 0.29) is 5.52 Å². The molecule has 0 aliphatic heterocycles. The van der Waals surface area contributed by atoms with Crippen molar-refractivity contribution < 1.29 is 13.9 Å². The van der Waals surface area contributed by atoms with Crippen LogP contribution in [0.25, 0.3) is 10.9 Å². The lowest BCUT2D eigenvalue weighted by Gasteiger charge is -2.13. The summed E-state index contributed by atoms with van der Waals surface area (Å²) in [7, 11) is 1.49. The molecule has 0 radical (unpaired) electrons. The zero-order valence-electron chi connectivity index (χ0n) is 13.6. The fourth-order valence-corrected chi connectivity index (χ4v) is 2.67. The standard InChI is InChI=1S/C18H15ClFN3O2/c1-10-8-14(12-4-3-5-13(20)17(12)21-10)22-18(24)23-15-9-11(19)6-7-16(15)25-2/h3-9H,1-2H3,(H2,21,22,23,24). The van der Waals surface area contributed by atoms with Crippen molar-refractivity contribution in [2.75, 3.05) is 17.7 Å². The lowest BCUT2D eigenvalue weighted by molar-refractivity contribution is 0.262. The number of hydrogen-bond donors (Lipinski definition) is 2. The van der Waals surface area contributed by atoms with Gasteiger partial charge in [-0.2, -0.15) is 0 Å². The summed E-state index contributed by atoms with van der Waals surface area (Å²) >= 11 is 5.96. The van der Waals surface area contributed by atoms with Crippen LogP contribution in [0.5, 0.6) is 5.75 Å². The average Bonchev–Trinajstić information content (AvgIpc) is 2.56. The highest BCUT2D eigenvalue weighted by Crippen LogP contribution is 2.29. The summed E-state index contributed by atoms with van der Waals surface area (Å²) in [5.74, 6) is 0.0301. The summed E-state index contributed by atoms with van der Waals surface area (Å²) in [4.78, 5) is 16.5. The van der Waals surface area contributed by atoms with E-state index in [0.29, 0.717) is 33.2 Å². The molecule has 0 bridgehead atoms. The van der Waals surface area contributed by atoms with Crippen LogP contribution in [0.1, 0.15) is 5.69 Å². The molecule has 25 heavy (non-hydrogen) atoms. The van der Waals surface area contributed by atoms with Gasteiger partial charge in [0.25, 0.3) is 0 Å². The molecule has 0 saturated carbocycles. The Balaban J connectivity index is 1.91. The van der Waals surface area contributed by atoms with Crippen molar-refractivity contribution in [3.05, 3.63) is 59.0 Å². The van der Waals surface area contributed by atoms with E-state index >= 15 is 0 Å². The van der Waals surface area contributed by atoms with Gasteiger partial charge in [0, 0.05) is 16.1 Å². The van der Waals surface area contributed by atoms with Crippen LogP contribution >= 0.6 is 11.6 Å². The van der Waals surface area contributed by atoms with E-state index in [9.17, 15) is 9.18 Å². The number of rotatable bonds is 3. The van der Waals surface area contributed by atoms with Crippen LogP contribution < -0.4 is 15.4 Å². The first-order valence-electron chi connectivity index (χ1n) is 7.45. The van der Waals surface area contributed by atoms with E-state index < -0.39 is 11.8 Å². The zero-order valence-corrected chi connectivity index (χ0v) is 14.3. The molecule has 7 heteroatoms. The Kier molecular flexibility index (Phi) is 4.72. The van der Waals surface area contributed by atoms with Crippen LogP contribution in [0.15, 0.2) is 42.5 Å². The minimum absolute atomic E-state index is 0.207. The maximum atomic E-state index is 14.0. The van der Waals surface area contributed by atoms with E-state index in [1.807, 2.05) is 0 Å². The van der Waals surface area contributed by atoms with Crippen LogP contribution in [-0.4, -0.2) is 18.1 Å². The maximum Gasteiger partial charge on any atom is 0.323 e. The van der Waals surface area contributed by atoms with Crippen LogP contribution in [0.2, 0.25) is 5.02 Å². The van der Waals surface area contributed by atoms with Crippen molar-refractivity contribution in [2.45, 2.75) is 6.92 Å².